The predicted molar refractivity (Wildman–Crippen MR) is 118 cm³/mol. The highest BCUT2D eigenvalue weighted by molar-refractivity contribution is 5.94. The summed E-state index contributed by atoms with van der Waals surface area (Å²) in [5.41, 5.74) is 1.29. The third-order valence-electron chi connectivity index (χ3n) is 4.88. The van der Waals surface area contributed by atoms with E-state index in [1.165, 1.54) is 0 Å². The summed E-state index contributed by atoms with van der Waals surface area (Å²) in [7, 11) is 3.21. The lowest BCUT2D eigenvalue weighted by Gasteiger charge is -2.07. The minimum absolute atomic E-state index is 0.0507. The molecule has 0 heterocycles. The van der Waals surface area contributed by atoms with Crippen molar-refractivity contribution >= 4 is 11.8 Å². The molecule has 0 bridgehead atoms. The van der Waals surface area contributed by atoms with Gasteiger partial charge < -0.3 is 20.1 Å². The second-order valence-electron chi connectivity index (χ2n) is 7.09. The number of methoxy groups -OCH3 is 2. The molecule has 2 aromatic carbocycles. The Morgan fingerprint density at radius 1 is 0.600 bits per heavy atom. The Morgan fingerprint density at radius 3 is 1.27 bits per heavy atom. The molecule has 6 nitrogen and oxygen atoms in total. The largest absolute Gasteiger partial charge is 0.497 e. The van der Waals surface area contributed by atoms with Gasteiger partial charge in [-0.05, 0) is 61.4 Å². The molecule has 0 saturated heterocycles. The molecule has 0 atom stereocenters. The van der Waals surface area contributed by atoms with Gasteiger partial charge in [-0.2, -0.15) is 0 Å². The van der Waals surface area contributed by atoms with Gasteiger partial charge in [-0.3, -0.25) is 9.59 Å². The number of carbonyl (C=O) groups excluding carboxylic acids is 2. The van der Waals surface area contributed by atoms with Gasteiger partial charge in [0, 0.05) is 24.2 Å². The first kappa shape index (κ1) is 23.3. The molecule has 0 radical (unpaired) electrons. The van der Waals surface area contributed by atoms with Gasteiger partial charge in [0.2, 0.25) is 0 Å². The van der Waals surface area contributed by atoms with Crippen molar-refractivity contribution in [3.8, 4) is 11.5 Å². The summed E-state index contributed by atoms with van der Waals surface area (Å²) >= 11 is 0. The molecule has 0 aliphatic carbocycles. The van der Waals surface area contributed by atoms with Crippen LogP contribution in [0.25, 0.3) is 0 Å². The molecule has 6 heteroatoms. The summed E-state index contributed by atoms with van der Waals surface area (Å²) < 4.78 is 10.2. The molecule has 30 heavy (non-hydrogen) atoms. The fourth-order valence-corrected chi connectivity index (χ4v) is 3.05. The van der Waals surface area contributed by atoms with Crippen LogP contribution < -0.4 is 20.1 Å². The number of amides is 2. The normalized spacial score (nSPS) is 10.3. The number of ether oxygens (including phenoxy) is 2. The molecule has 0 aromatic heterocycles. The van der Waals surface area contributed by atoms with Crippen molar-refractivity contribution in [1.29, 1.82) is 0 Å². The molecule has 0 spiro atoms. The van der Waals surface area contributed by atoms with Crippen LogP contribution in [0.1, 0.15) is 59.2 Å². The maximum atomic E-state index is 12.0. The van der Waals surface area contributed by atoms with E-state index in [-0.39, 0.29) is 11.8 Å². The van der Waals surface area contributed by atoms with E-state index >= 15 is 0 Å². The number of hydrogen-bond donors (Lipinski definition) is 2. The summed E-state index contributed by atoms with van der Waals surface area (Å²) in [6.45, 7) is 1.37. The summed E-state index contributed by atoms with van der Waals surface area (Å²) in [4.78, 5) is 24.1. The number of hydrogen-bond acceptors (Lipinski definition) is 4. The third kappa shape index (κ3) is 8.15. The molecular formula is C24H32N2O4. The lowest BCUT2D eigenvalue weighted by Crippen LogP contribution is -2.24. The van der Waals surface area contributed by atoms with Gasteiger partial charge in [0.05, 0.1) is 14.2 Å². The van der Waals surface area contributed by atoms with Crippen molar-refractivity contribution in [3.05, 3.63) is 59.7 Å². The highest BCUT2D eigenvalue weighted by Crippen LogP contribution is 2.12. The quantitative estimate of drug-likeness (QED) is 0.483. The molecule has 0 aliphatic rings. The number of unbranched alkanes of at least 4 members (excludes halogenated alkanes) is 5. The average Bonchev–Trinajstić information content (AvgIpc) is 2.80. The summed E-state index contributed by atoms with van der Waals surface area (Å²) in [5.74, 6) is 1.38. The molecule has 0 unspecified atom stereocenters. The average molecular weight is 413 g/mol. The SMILES string of the molecule is COc1ccc(C(=O)NCCCCCCCCNC(=O)c2ccc(OC)cc2)cc1. The van der Waals surface area contributed by atoms with Crippen molar-refractivity contribution in [2.24, 2.45) is 0 Å². The fourth-order valence-electron chi connectivity index (χ4n) is 3.05. The fraction of sp³-hybridized carbons (Fsp3) is 0.417. The molecule has 2 rings (SSSR count). The standard InChI is InChI=1S/C24H32N2O4/c1-29-21-13-9-19(10-14-21)23(27)25-17-7-5-3-4-6-8-18-26-24(28)20-11-15-22(30-2)16-12-20/h9-16H,3-8,17-18H2,1-2H3,(H,25,27)(H,26,28). The molecule has 162 valence electrons. The van der Waals surface area contributed by atoms with Crippen molar-refractivity contribution in [2.45, 2.75) is 38.5 Å². The minimum atomic E-state index is -0.0507. The van der Waals surface area contributed by atoms with Crippen LogP contribution in [0.5, 0.6) is 11.5 Å². The maximum Gasteiger partial charge on any atom is 0.251 e. The lowest BCUT2D eigenvalue weighted by atomic mass is 10.1. The van der Waals surface area contributed by atoms with Crippen LogP contribution in [-0.4, -0.2) is 39.1 Å². The second-order valence-corrected chi connectivity index (χ2v) is 7.09. The van der Waals surface area contributed by atoms with E-state index in [0.717, 1.165) is 50.0 Å². The van der Waals surface area contributed by atoms with Gasteiger partial charge in [-0.15, -0.1) is 0 Å². The third-order valence-corrected chi connectivity index (χ3v) is 4.88. The minimum Gasteiger partial charge on any atom is -0.497 e. The number of benzene rings is 2. The van der Waals surface area contributed by atoms with Gasteiger partial charge in [0.25, 0.3) is 11.8 Å². The van der Waals surface area contributed by atoms with Crippen LogP contribution in [0.2, 0.25) is 0 Å². The highest BCUT2D eigenvalue weighted by atomic mass is 16.5. The van der Waals surface area contributed by atoms with Crippen molar-refractivity contribution in [1.82, 2.24) is 10.6 Å². The number of nitrogens with one attached hydrogen (secondary N) is 2. The molecule has 0 aliphatic heterocycles. The highest BCUT2D eigenvalue weighted by Gasteiger charge is 2.05. The molecule has 2 amide bonds. The second kappa shape index (κ2) is 13.2. The Balaban J connectivity index is 1.46. The number of carbonyl (C=O) groups is 2. The molecule has 2 aromatic rings. The monoisotopic (exact) mass is 412 g/mol. The van der Waals surface area contributed by atoms with Gasteiger partial charge in [-0.1, -0.05) is 25.7 Å². The Hall–Kier alpha value is -3.02. The number of rotatable bonds is 13. The van der Waals surface area contributed by atoms with E-state index < -0.39 is 0 Å². The lowest BCUT2D eigenvalue weighted by molar-refractivity contribution is 0.0944. The van der Waals surface area contributed by atoms with Crippen LogP contribution >= 0.6 is 0 Å². The molecular weight excluding hydrogens is 380 g/mol. The van der Waals surface area contributed by atoms with Gasteiger partial charge in [0.15, 0.2) is 0 Å². The predicted octanol–water partition coefficient (Wildman–Crippen LogP) is 4.20. The summed E-state index contributed by atoms with van der Waals surface area (Å²) in [5, 5.41) is 5.90. The van der Waals surface area contributed by atoms with E-state index in [2.05, 4.69) is 10.6 Å². The first-order valence-electron chi connectivity index (χ1n) is 10.5. The van der Waals surface area contributed by atoms with Crippen LogP contribution in [0.15, 0.2) is 48.5 Å². The van der Waals surface area contributed by atoms with E-state index in [0.29, 0.717) is 24.2 Å². The topological polar surface area (TPSA) is 76.7 Å². The first-order chi connectivity index (χ1) is 14.6. The van der Waals surface area contributed by atoms with Crippen molar-refractivity contribution in [2.75, 3.05) is 27.3 Å². The van der Waals surface area contributed by atoms with Crippen LogP contribution in [-0.2, 0) is 0 Å². The van der Waals surface area contributed by atoms with E-state index in [9.17, 15) is 9.59 Å². The molecule has 0 saturated carbocycles. The smallest absolute Gasteiger partial charge is 0.251 e. The van der Waals surface area contributed by atoms with Crippen molar-refractivity contribution in [3.63, 3.8) is 0 Å². The Kier molecular flexibility index (Phi) is 10.3. The molecule has 0 fully saturated rings. The van der Waals surface area contributed by atoms with E-state index in [1.54, 1.807) is 62.8 Å². The Bertz CT molecular complexity index is 705. The van der Waals surface area contributed by atoms with E-state index in [1.807, 2.05) is 0 Å². The zero-order chi connectivity index (χ0) is 21.6. The summed E-state index contributed by atoms with van der Waals surface area (Å²) in [6.07, 6.45) is 6.37. The van der Waals surface area contributed by atoms with Crippen molar-refractivity contribution < 1.29 is 19.1 Å². The Morgan fingerprint density at radius 2 is 0.933 bits per heavy atom. The van der Waals surface area contributed by atoms with Gasteiger partial charge in [0.1, 0.15) is 11.5 Å². The van der Waals surface area contributed by atoms with Gasteiger partial charge >= 0.3 is 0 Å². The molecule has 2 N–H and O–H groups in total. The first-order valence-corrected chi connectivity index (χ1v) is 10.5. The summed E-state index contributed by atoms with van der Waals surface area (Å²) in [6, 6.07) is 14.2. The van der Waals surface area contributed by atoms with Crippen LogP contribution in [0.3, 0.4) is 0 Å². The van der Waals surface area contributed by atoms with Crippen LogP contribution in [0, 0.1) is 0 Å². The zero-order valence-electron chi connectivity index (χ0n) is 17.9. The Labute approximate surface area is 179 Å². The maximum absolute atomic E-state index is 12.0. The van der Waals surface area contributed by atoms with E-state index in [4.69, 9.17) is 9.47 Å². The van der Waals surface area contributed by atoms with Gasteiger partial charge in [-0.25, -0.2) is 0 Å². The van der Waals surface area contributed by atoms with Crippen LogP contribution in [0.4, 0.5) is 0 Å². The zero-order valence-corrected chi connectivity index (χ0v) is 17.9.